The lowest BCUT2D eigenvalue weighted by Crippen LogP contribution is -2.29. The number of rotatable bonds is 10. The van der Waals surface area contributed by atoms with E-state index < -0.39 is 51.1 Å². The molecule has 42 heavy (non-hydrogen) atoms. The summed E-state index contributed by atoms with van der Waals surface area (Å²) in [5.41, 5.74) is 1.70. The van der Waals surface area contributed by atoms with E-state index in [0.717, 1.165) is 34.6 Å². The van der Waals surface area contributed by atoms with Gasteiger partial charge < -0.3 is 24.1 Å². The summed E-state index contributed by atoms with van der Waals surface area (Å²) in [4.78, 5) is 66.8. The van der Waals surface area contributed by atoms with Crippen LogP contribution in [0.1, 0.15) is 44.5 Å². The maximum Gasteiger partial charge on any atom is 0.341 e. The molecule has 0 atom stereocenters. The lowest BCUT2D eigenvalue weighted by molar-refractivity contribution is -0.143. The summed E-state index contributed by atoms with van der Waals surface area (Å²) < 4.78 is 42.0. The number of carbonyl (C=O) groups excluding carboxylic acids is 5. The van der Waals surface area contributed by atoms with Crippen LogP contribution in [0, 0.1) is 0 Å². The number of nitrogens with zero attached hydrogens (tertiary/aromatic N) is 2. The molecular formula is C26H27N3O10S3. The number of nitrogens with one attached hydrogen (secondary N) is 1. The first-order valence-corrected chi connectivity index (χ1v) is 16.1. The van der Waals surface area contributed by atoms with E-state index in [-0.39, 0.29) is 34.1 Å². The van der Waals surface area contributed by atoms with Gasteiger partial charge in [0.15, 0.2) is 14.6 Å². The van der Waals surface area contributed by atoms with Crippen LogP contribution in [0.4, 0.5) is 5.00 Å². The number of amides is 2. The van der Waals surface area contributed by atoms with Crippen LogP contribution in [0.2, 0.25) is 0 Å². The molecule has 0 bridgehead atoms. The van der Waals surface area contributed by atoms with Gasteiger partial charge in [0, 0.05) is 4.88 Å². The number of carbonyl (C=O) groups is 5. The molecule has 0 fully saturated rings. The number of aromatic nitrogens is 1. The number of thiazole rings is 1. The van der Waals surface area contributed by atoms with Gasteiger partial charge in [-0.2, -0.15) is 4.99 Å². The molecule has 2 amide bonds. The molecule has 2 heterocycles. The largest absolute Gasteiger partial charge is 0.465 e. The van der Waals surface area contributed by atoms with Crippen molar-refractivity contribution >= 4 is 77.5 Å². The first-order valence-electron chi connectivity index (χ1n) is 12.6. The van der Waals surface area contributed by atoms with Crippen molar-refractivity contribution in [2.24, 2.45) is 4.99 Å². The second kappa shape index (κ2) is 13.0. The number of sulfone groups is 1. The third kappa shape index (κ3) is 6.94. The van der Waals surface area contributed by atoms with E-state index in [2.05, 4.69) is 10.3 Å². The lowest BCUT2D eigenvalue weighted by atomic mass is 10.1. The maximum atomic E-state index is 12.8. The Morgan fingerprint density at radius 2 is 1.76 bits per heavy atom. The molecule has 2 aromatic heterocycles. The number of benzene rings is 1. The van der Waals surface area contributed by atoms with Crippen LogP contribution in [-0.2, 0) is 57.8 Å². The van der Waals surface area contributed by atoms with Gasteiger partial charge in [-0.15, -0.1) is 11.3 Å². The minimum atomic E-state index is -4.27. The van der Waals surface area contributed by atoms with Gasteiger partial charge in [-0.25, -0.2) is 18.0 Å². The van der Waals surface area contributed by atoms with Crippen LogP contribution < -0.4 is 10.1 Å². The summed E-state index contributed by atoms with van der Waals surface area (Å²) in [5.74, 6) is -5.90. The molecule has 0 unspecified atom stereocenters. The Labute approximate surface area is 248 Å². The number of fused-ring (bicyclic) bond motifs is 2. The summed E-state index contributed by atoms with van der Waals surface area (Å²) in [6.45, 7) is 1.43. The summed E-state index contributed by atoms with van der Waals surface area (Å²) in [6, 6.07) is 4.52. The lowest BCUT2D eigenvalue weighted by Gasteiger charge is -2.07. The van der Waals surface area contributed by atoms with Crippen LogP contribution in [-0.4, -0.2) is 75.0 Å². The van der Waals surface area contributed by atoms with Gasteiger partial charge in [0.05, 0.1) is 42.2 Å². The molecule has 0 spiro atoms. The van der Waals surface area contributed by atoms with Crippen molar-refractivity contribution in [3.05, 3.63) is 44.6 Å². The number of hydrogen-bond donors (Lipinski definition) is 1. The Balaban J connectivity index is 1.55. The summed E-state index contributed by atoms with van der Waals surface area (Å²) in [5, 5.41) is 2.69. The minimum Gasteiger partial charge on any atom is -0.465 e. The Bertz CT molecular complexity index is 1770. The summed E-state index contributed by atoms with van der Waals surface area (Å²) in [7, 11) is -1.83. The van der Waals surface area contributed by atoms with Gasteiger partial charge in [-0.05, 0) is 49.9 Å². The van der Waals surface area contributed by atoms with Gasteiger partial charge in [0.1, 0.15) is 23.1 Å². The molecule has 224 valence electrons. The van der Waals surface area contributed by atoms with Crippen molar-refractivity contribution in [2.45, 2.75) is 32.7 Å². The van der Waals surface area contributed by atoms with E-state index in [0.29, 0.717) is 16.6 Å². The van der Waals surface area contributed by atoms with Crippen molar-refractivity contribution in [3.63, 3.8) is 0 Å². The highest BCUT2D eigenvalue weighted by atomic mass is 32.2. The van der Waals surface area contributed by atoms with E-state index in [1.165, 1.54) is 42.3 Å². The van der Waals surface area contributed by atoms with Gasteiger partial charge in [-0.3, -0.25) is 14.4 Å². The first-order chi connectivity index (χ1) is 20.0. The van der Waals surface area contributed by atoms with Crippen molar-refractivity contribution in [1.82, 2.24) is 4.57 Å². The van der Waals surface area contributed by atoms with Crippen LogP contribution in [0.3, 0.4) is 0 Å². The third-order valence-corrected chi connectivity index (χ3v) is 9.81. The number of methoxy groups -OCH3 is 2. The molecule has 16 heteroatoms. The van der Waals surface area contributed by atoms with Crippen LogP contribution in [0.15, 0.2) is 23.2 Å². The standard InChI is InChI=1S/C26H27N3O10S3/c1-4-39-21(32)11-29-16-9-8-14(24(33)37-2)10-18(16)41-26(29)28-20(31)13-42(35,36)12-19(30)27-23-22(25(34)38-3)15-6-5-7-17(15)40-23/h8-10H,4-7,11-13H2,1-3H3,(H,27,30). The van der Waals surface area contributed by atoms with E-state index in [9.17, 15) is 32.4 Å². The Hall–Kier alpha value is -3.89. The van der Waals surface area contributed by atoms with Crippen molar-refractivity contribution < 1.29 is 46.6 Å². The van der Waals surface area contributed by atoms with Crippen molar-refractivity contribution in [2.75, 3.05) is 37.6 Å². The SMILES string of the molecule is CCOC(=O)Cn1c(=NC(=O)CS(=O)(=O)CC(=O)Nc2sc3c(c2C(=O)OC)CCC3)sc2cc(C(=O)OC)ccc21. The highest BCUT2D eigenvalue weighted by molar-refractivity contribution is 7.92. The first kappa shape index (κ1) is 31.1. The molecule has 3 aromatic rings. The molecule has 0 saturated carbocycles. The van der Waals surface area contributed by atoms with Crippen molar-refractivity contribution in [3.8, 4) is 0 Å². The van der Waals surface area contributed by atoms with E-state index in [4.69, 9.17) is 14.2 Å². The fourth-order valence-corrected chi connectivity index (χ4v) is 7.84. The molecule has 0 radical (unpaired) electrons. The molecule has 13 nitrogen and oxygen atoms in total. The number of hydrogen-bond acceptors (Lipinski definition) is 12. The quantitative estimate of drug-likeness (QED) is 0.255. The predicted octanol–water partition coefficient (Wildman–Crippen LogP) is 1.87. The number of thiophene rings is 1. The van der Waals surface area contributed by atoms with Crippen LogP contribution in [0.25, 0.3) is 10.2 Å². The Kier molecular flexibility index (Phi) is 9.58. The molecule has 1 aliphatic carbocycles. The Morgan fingerprint density at radius 3 is 2.45 bits per heavy atom. The molecule has 0 aliphatic heterocycles. The van der Waals surface area contributed by atoms with Gasteiger partial charge in [-0.1, -0.05) is 11.3 Å². The second-order valence-electron chi connectivity index (χ2n) is 9.09. The average Bonchev–Trinajstić information content (AvgIpc) is 3.60. The smallest absolute Gasteiger partial charge is 0.341 e. The van der Waals surface area contributed by atoms with Gasteiger partial charge in [0.2, 0.25) is 5.91 Å². The summed E-state index contributed by atoms with van der Waals surface area (Å²) >= 11 is 2.15. The molecule has 0 saturated heterocycles. The number of anilines is 1. The normalized spacial score (nSPS) is 13.1. The molecular weight excluding hydrogens is 610 g/mol. The fourth-order valence-electron chi connectivity index (χ4n) is 4.44. The zero-order valence-corrected chi connectivity index (χ0v) is 25.3. The maximum absolute atomic E-state index is 12.8. The predicted molar refractivity (Wildman–Crippen MR) is 153 cm³/mol. The molecule has 1 N–H and O–H groups in total. The number of esters is 3. The second-order valence-corrected chi connectivity index (χ2v) is 13.3. The van der Waals surface area contributed by atoms with Crippen LogP contribution >= 0.6 is 22.7 Å². The molecule has 1 aliphatic rings. The third-order valence-electron chi connectivity index (χ3n) is 6.17. The minimum absolute atomic E-state index is 0.000501. The summed E-state index contributed by atoms with van der Waals surface area (Å²) in [6.07, 6.45) is 2.26. The van der Waals surface area contributed by atoms with Gasteiger partial charge >= 0.3 is 17.9 Å². The molecule has 4 rings (SSSR count). The van der Waals surface area contributed by atoms with E-state index in [1.54, 1.807) is 13.0 Å². The topological polar surface area (TPSA) is 176 Å². The average molecular weight is 638 g/mol. The van der Waals surface area contributed by atoms with Crippen molar-refractivity contribution in [1.29, 1.82) is 0 Å². The van der Waals surface area contributed by atoms with Crippen LogP contribution in [0.5, 0.6) is 0 Å². The van der Waals surface area contributed by atoms with E-state index in [1.807, 2.05) is 0 Å². The molecule has 1 aromatic carbocycles. The zero-order chi connectivity index (χ0) is 30.6. The number of ether oxygens (including phenoxy) is 3. The van der Waals surface area contributed by atoms with Gasteiger partial charge in [0.25, 0.3) is 5.91 Å². The zero-order valence-electron chi connectivity index (χ0n) is 22.9. The Morgan fingerprint density at radius 1 is 1.02 bits per heavy atom. The fraction of sp³-hybridized carbons (Fsp3) is 0.385. The van der Waals surface area contributed by atoms with E-state index >= 15 is 0 Å². The highest BCUT2D eigenvalue weighted by Crippen LogP contribution is 2.39. The highest BCUT2D eigenvalue weighted by Gasteiger charge is 2.29. The number of aryl methyl sites for hydroxylation is 1. The monoisotopic (exact) mass is 637 g/mol.